The number of hydrogen-bond acceptors (Lipinski definition) is 6. The summed E-state index contributed by atoms with van der Waals surface area (Å²) in [6.45, 7) is 9.52. The van der Waals surface area contributed by atoms with E-state index in [1.165, 1.54) is 11.1 Å². The zero-order chi connectivity index (χ0) is 24.6. The highest BCUT2D eigenvalue weighted by atomic mass is 16.2. The molecule has 1 atom stereocenters. The molecule has 1 aliphatic rings. The van der Waals surface area contributed by atoms with Gasteiger partial charge in [0.2, 0.25) is 11.9 Å². The van der Waals surface area contributed by atoms with Crippen LogP contribution in [0.2, 0.25) is 0 Å². The van der Waals surface area contributed by atoms with Crippen molar-refractivity contribution in [2.24, 2.45) is 0 Å². The van der Waals surface area contributed by atoms with Gasteiger partial charge in [0.25, 0.3) is 0 Å². The second-order valence-corrected chi connectivity index (χ2v) is 9.61. The van der Waals surface area contributed by atoms with Gasteiger partial charge in [-0.3, -0.25) is 9.69 Å². The van der Waals surface area contributed by atoms with E-state index in [1.807, 2.05) is 59.9 Å². The van der Waals surface area contributed by atoms with Crippen molar-refractivity contribution in [3.63, 3.8) is 0 Å². The van der Waals surface area contributed by atoms with Crippen molar-refractivity contribution in [2.75, 3.05) is 10.2 Å². The Balaban J connectivity index is 1.24. The summed E-state index contributed by atoms with van der Waals surface area (Å²) < 4.78 is 1.89. The van der Waals surface area contributed by atoms with Gasteiger partial charge in [-0.2, -0.15) is 10.1 Å². The van der Waals surface area contributed by atoms with Crippen LogP contribution >= 0.6 is 0 Å². The number of carbonyl (C=O) groups excluding carboxylic acids is 1. The first kappa shape index (κ1) is 23.0. The Morgan fingerprint density at radius 3 is 2.63 bits per heavy atom. The smallest absolute Gasteiger partial charge is 0.238 e. The van der Waals surface area contributed by atoms with E-state index >= 15 is 0 Å². The van der Waals surface area contributed by atoms with Crippen LogP contribution in [0.15, 0.2) is 61.1 Å². The molecule has 1 aliphatic heterocycles. The van der Waals surface area contributed by atoms with Gasteiger partial charge in [-0.05, 0) is 57.0 Å². The Bertz CT molecular complexity index is 1360. The standard InChI is InChI=1S/C27H31N7O/c1-5-18(2)34-24-22(27(3,4)25(34)35)17-29-26(32-24)31-21-11-9-19(10-12-21)14-28-15-20-16-30-33-13-7-6-8-23(20)33/h6-13,16-18,28H,5,14-15H2,1-4H3,(H,29,31,32)/t18-/m0/s1. The lowest BCUT2D eigenvalue weighted by Gasteiger charge is -2.25. The van der Waals surface area contributed by atoms with Gasteiger partial charge in [-0.1, -0.05) is 25.1 Å². The molecule has 180 valence electrons. The molecule has 4 heterocycles. The van der Waals surface area contributed by atoms with Gasteiger partial charge in [-0.15, -0.1) is 0 Å². The summed E-state index contributed by atoms with van der Waals surface area (Å²) in [4.78, 5) is 24.1. The molecule has 0 bridgehead atoms. The SMILES string of the molecule is CC[C@H](C)N1C(=O)C(C)(C)c2cnc(Nc3ccc(CNCc4cnn5ccccc45)cc3)nc21. The highest BCUT2D eigenvalue weighted by Gasteiger charge is 2.46. The van der Waals surface area contributed by atoms with Crippen molar-refractivity contribution in [2.45, 2.75) is 58.7 Å². The molecule has 0 saturated heterocycles. The summed E-state index contributed by atoms with van der Waals surface area (Å²) in [5, 5.41) is 11.2. The number of benzene rings is 1. The maximum atomic E-state index is 13.0. The molecule has 0 unspecified atom stereocenters. The molecule has 0 radical (unpaired) electrons. The maximum absolute atomic E-state index is 13.0. The number of anilines is 3. The lowest BCUT2D eigenvalue weighted by molar-refractivity contribution is -0.122. The van der Waals surface area contributed by atoms with E-state index < -0.39 is 5.41 Å². The minimum atomic E-state index is -0.616. The molecular formula is C27H31N7O. The van der Waals surface area contributed by atoms with Crippen molar-refractivity contribution in [1.82, 2.24) is 24.9 Å². The molecule has 3 aromatic heterocycles. The first-order chi connectivity index (χ1) is 16.9. The zero-order valence-corrected chi connectivity index (χ0v) is 20.6. The van der Waals surface area contributed by atoms with Crippen LogP contribution in [0.1, 0.15) is 50.8 Å². The second kappa shape index (κ2) is 9.11. The third-order valence-corrected chi connectivity index (χ3v) is 6.82. The van der Waals surface area contributed by atoms with Gasteiger partial charge in [0.1, 0.15) is 5.82 Å². The summed E-state index contributed by atoms with van der Waals surface area (Å²) in [5.74, 6) is 1.27. The van der Waals surface area contributed by atoms with Crippen LogP contribution in [0.25, 0.3) is 5.52 Å². The van der Waals surface area contributed by atoms with Crippen molar-refractivity contribution in [3.8, 4) is 0 Å². The van der Waals surface area contributed by atoms with Crippen molar-refractivity contribution >= 4 is 28.9 Å². The van der Waals surface area contributed by atoms with E-state index in [2.05, 4.69) is 52.8 Å². The Hall–Kier alpha value is -3.78. The van der Waals surface area contributed by atoms with Gasteiger partial charge >= 0.3 is 0 Å². The van der Waals surface area contributed by atoms with Gasteiger partial charge < -0.3 is 10.6 Å². The third kappa shape index (κ3) is 4.25. The Kier molecular flexibility index (Phi) is 5.98. The van der Waals surface area contributed by atoms with Crippen molar-refractivity contribution in [1.29, 1.82) is 0 Å². The number of carbonyl (C=O) groups is 1. The highest BCUT2D eigenvalue weighted by Crippen LogP contribution is 2.41. The van der Waals surface area contributed by atoms with E-state index in [-0.39, 0.29) is 11.9 Å². The number of amides is 1. The van der Waals surface area contributed by atoms with E-state index in [0.29, 0.717) is 11.8 Å². The summed E-state index contributed by atoms with van der Waals surface area (Å²) >= 11 is 0. The molecule has 8 heteroatoms. The second-order valence-electron chi connectivity index (χ2n) is 9.61. The van der Waals surface area contributed by atoms with E-state index in [9.17, 15) is 4.79 Å². The lowest BCUT2D eigenvalue weighted by atomic mass is 9.88. The molecule has 0 fully saturated rings. The third-order valence-electron chi connectivity index (χ3n) is 6.82. The fraction of sp³-hybridized carbons (Fsp3) is 0.333. The first-order valence-electron chi connectivity index (χ1n) is 12.1. The lowest BCUT2D eigenvalue weighted by Crippen LogP contribution is -2.41. The number of aromatic nitrogens is 4. The number of pyridine rings is 1. The number of nitrogens with one attached hydrogen (secondary N) is 2. The topological polar surface area (TPSA) is 87.5 Å². The normalized spacial score (nSPS) is 15.4. The minimum Gasteiger partial charge on any atom is -0.324 e. The predicted molar refractivity (Wildman–Crippen MR) is 138 cm³/mol. The highest BCUT2D eigenvalue weighted by molar-refractivity contribution is 6.07. The summed E-state index contributed by atoms with van der Waals surface area (Å²) in [7, 11) is 0. The van der Waals surface area contributed by atoms with Crippen LogP contribution < -0.4 is 15.5 Å². The largest absolute Gasteiger partial charge is 0.324 e. The molecule has 1 aromatic carbocycles. The van der Waals surface area contributed by atoms with Crippen LogP contribution in [0, 0.1) is 0 Å². The Labute approximate surface area is 205 Å². The van der Waals surface area contributed by atoms with Crippen molar-refractivity contribution < 1.29 is 4.79 Å². The van der Waals surface area contributed by atoms with Crippen molar-refractivity contribution in [3.05, 3.63) is 77.7 Å². The van der Waals surface area contributed by atoms with Gasteiger partial charge in [-0.25, -0.2) is 9.50 Å². The summed E-state index contributed by atoms with van der Waals surface area (Å²) in [6, 6.07) is 14.4. The summed E-state index contributed by atoms with van der Waals surface area (Å²) in [6.07, 6.45) is 6.50. The van der Waals surface area contributed by atoms with Crippen LogP contribution in [0.5, 0.6) is 0 Å². The molecule has 0 aliphatic carbocycles. The zero-order valence-electron chi connectivity index (χ0n) is 20.6. The maximum Gasteiger partial charge on any atom is 0.238 e. The van der Waals surface area contributed by atoms with Crippen LogP contribution in [-0.2, 0) is 23.3 Å². The molecule has 1 amide bonds. The minimum absolute atomic E-state index is 0.0780. The van der Waals surface area contributed by atoms with E-state index in [0.717, 1.165) is 36.3 Å². The van der Waals surface area contributed by atoms with Gasteiger partial charge in [0.05, 0.1) is 17.1 Å². The van der Waals surface area contributed by atoms with Crippen LogP contribution in [0.4, 0.5) is 17.5 Å². The van der Waals surface area contributed by atoms with Crippen LogP contribution in [0.3, 0.4) is 0 Å². The average Bonchev–Trinajstić information content (AvgIpc) is 3.36. The quantitative estimate of drug-likeness (QED) is 0.393. The molecular weight excluding hydrogens is 438 g/mol. The Morgan fingerprint density at radius 2 is 1.86 bits per heavy atom. The molecule has 0 saturated carbocycles. The molecule has 35 heavy (non-hydrogen) atoms. The number of hydrogen-bond donors (Lipinski definition) is 2. The van der Waals surface area contributed by atoms with E-state index in [4.69, 9.17) is 4.98 Å². The average molecular weight is 470 g/mol. The number of nitrogens with zero attached hydrogens (tertiary/aromatic N) is 5. The van der Waals surface area contributed by atoms with Gasteiger partial charge in [0, 0.05) is 48.3 Å². The molecule has 5 rings (SSSR count). The first-order valence-corrected chi connectivity index (χ1v) is 12.1. The fourth-order valence-electron chi connectivity index (χ4n) is 4.46. The predicted octanol–water partition coefficient (Wildman–Crippen LogP) is 4.58. The molecule has 0 spiro atoms. The fourth-order valence-corrected chi connectivity index (χ4v) is 4.46. The number of fused-ring (bicyclic) bond motifs is 2. The molecule has 4 aromatic rings. The summed E-state index contributed by atoms with van der Waals surface area (Å²) in [5.41, 5.74) is 4.62. The molecule has 8 nitrogen and oxygen atoms in total. The monoisotopic (exact) mass is 469 g/mol. The van der Waals surface area contributed by atoms with Crippen LogP contribution in [-0.4, -0.2) is 31.5 Å². The Morgan fingerprint density at radius 1 is 1.06 bits per heavy atom. The van der Waals surface area contributed by atoms with Gasteiger partial charge in [0.15, 0.2) is 0 Å². The molecule has 2 N–H and O–H groups in total. The van der Waals surface area contributed by atoms with E-state index in [1.54, 1.807) is 6.20 Å². The number of rotatable bonds is 8.